The Bertz CT molecular complexity index is 386. The molecule has 0 saturated heterocycles. The Hall–Kier alpha value is -1.38. The predicted octanol–water partition coefficient (Wildman–Crippen LogP) is 3.66. The lowest BCUT2D eigenvalue weighted by Gasteiger charge is -2.22. The third-order valence-corrected chi connectivity index (χ3v) is 3.74. The van der Waals surface area contributed by atoms with Crippen LogP contribution in [-0.2, 0) is 0 Å². The molecule has 0 aromatic heterocycles. The van der Waals surface area contributed by atoms with Gasteiger partial charge >= 0.3 is 0 Å². The fraction of sp³-hybridized carbons (Fsp3) is 0.600. The van der Waals surface area contributed by atoms with E-state index >= 15 is 0 Å². The lowest BCUT2D eigenvalue weighted by molar-refractivity contribution is 0.340. The van der Waals surface area contributed by atoms with Crippen LogP contribution in [0.5, 0.6) is 5.75 Å². The molecule has 100 valence electrons. The lowest BCUT2D eigenvalue weighted by atomic mass is 9.99. The summed E-state index contributed by atoms with van der Waals surface area (Å²) < 4.78 is 5.51. The van der Waals surface area contributed by atoms with Crippen molar-refractivity contribution >= 4 is 11.4 Å². The molecule has 1 atom stereocenters. The van der Waals surface area contributed by atoms with Crippen molar-refractivity contribution in [2.45, 2.75) is 45.6 Å². The molecule has 0 bridgehead atoms. The van der Waals surface area contributed by atoms with Crippen LogP contribution in [0, 0.1) is 5.92 Å². The van der Waals surface area contributed by atoms with E-state index in [0.29, 0.717) is 12.6 Å². The van der Waals surface area contributed by atoms with Gasteiger partial charge in [-0.1, -0.05) is 12.8 Å². The molecule has 3 heteroatoms. The standard InChI is InChI=1S/C15H24N2O/c1-3-18-15-9-13(16)8-14(10-15)17-11(2)12-6-4-5-7-12/h8-12,17H,3-7,16H2,1-2H3. The van der Waals surface area contributed by atoms with Gasteiger partial charge in [-0.15, -0.1) is 0 Å². The largest absolute Gasteiger partial charge is 0.494 e. The first-order valence-corrected chi connectivity index (χ1v) is 6.99. The van der Waals surface area contributed by atoms with Crippen LogP contribution < -0.4 is 15.8 Å². The molecule has 3 nitrogen and oxygen atoms in total. The van der Waals surface area contributed by atoms with E-state index in [2.05, 4.69) is 12.2 Å². The summed E-state index contributed by atoms with van der Waals surface area (Å²) in [6.45, 7) is 4.91. The van der Waals surface area contributed by atoms with Crippen LogP contribution in [0.2, 0.25) is 0 Å². The van der Waals surface area contributed by atoms with Gasteiger partial charge in [-0.25, -0.2) is 0 Å². The number of ether oxygens (including phenoxy) is 1. The summed E-state index contributed by atoms with van der Waals surface area (Å²) in [6, 6.07) is 6.39. The molecule has 0 aliphatic heterocycles. The molecule has 2 rings (SSSR count). The smallest absolute Gasteiger partial charge is 0.123 e. The van der Waals surface area contributed by atoms with E-state index in [1.54, 1.807) is 0 Å². The SMILES string of the molecule is CCOc1cc(N)cc(NC(C)C2CCCC2)c1. The molecule has 1 aromatic carbocycles. The van der Waals surface area contributed by atoms with E-state index in [0.717, 1.165) is 23.0 Å². The first kappa shape index (κ1) is 13.1. The molecule has 0 heterocycles. The van der Waals surface area contributed by atoms with E-state index in [1.807, 2.05) is 25.1 Å². The second kappa shape index (κ2) is 5.98. The van der Waals surface area contributed by atoms with Crippen LogP contribution in [0.15, 0.2) is 18.2 Å². The Kier molecular flexibility index (Phi) is 4.34. The Morgan fingerprint density at radius 1 is 1.33 bits per heavy atom. The minimum atomic E-state index is 0.503. The van der Waals surface area contributed by atoms with E-state index in [-0.39, 0.29) is 0 Å². The summed E-state index contributed by atoms with van der Waals surface area (Å²) in [5.41, 5.74) is 7.72. The van der Waals surface area contributed by atoms with Crippen LogP contribution in [0.1, 0.15) is 39.5 Å². The fourth-order valence-corrected chi connectivity index (χ4v) is 2.79. The molecule has 0 amide bonds. The maximum atomic E-state index is 5.90. The zero-order valence-corrected chi connectivity index (χ0v) is 11.4. The maximum absolute atomic E-state index is 5.90. The van der Waals surface area contributed by atoms with Gasteiger partial charge in [0, 0.05) is 29.5 Å². The van der Waals surface area contributed by atoms with Gasteiger partial charge in [-0.2, -0.15) is 0 Å². The van der Waals surface area contributed by atoms with E-state index in [4.69, 9.17) is 10.5 Å². The summed E-state index contributed by atoms with van der Waals surface area (Å²) in [4.78, 5) is 0. The van der Waals surface area contributed by atoms with Gasteiger partial charge < -0.3 is 15.8 Å². The Balaban J connectivity index is 2.03. The molecule has 0 spiro atoms. The lowest BCUT2D eigenvalue weighted by Crippen LogP contribution is -2.23. The Labute approximate surface area is 110 Å². The number of nitrogen functional groups attached to an aromatic ring is 1. The third kappa shape index (κ3) is 3.31. The first-order valence-electron chi connectivity index (χ1n) is 6.99. The predicted molar refractivity (Wildman–Crippen MR) is 77.1 cm³/mol. The van der Waals surface area contributed by atoms with Crippen molar-refractivity contribution in [1.29, 1.82) is 0 Å². The van der Waals surface area contributed by atoms with E-state index in [9.17, 15) is 0 Å². The van der Waals surface area contributed by atoms with Gasteiger partial charge in [-0.05, 0) is 38.7 Å². The molecule has 1 saturated carbocycles. The van der Waals surface area contributed by atoms with Crippen molar-refractivity contribution in [2.24, 2.45) is 5.92 Å². The highest BCUT2D eigenvalue weighted by Crippen LogP contribution is 2.30. The zero-order valence-electron chi connectivity index (χ0n) is 11.4. The summed E-state index contributed by atoms with van der Waals surface area (Å²) in [7, 11) is 0. The van der Waals surface area contributed by atoms with E-state index < -0.39 is 0 Å². The average Bonchev–Trinajstić information content (AvgIpc) is 2.81. The van der Waals surface area contributed by atoms with Gasteiger partial charge in [0.1, 0.15) is 5.75 Å². The Morgan fingerprint density at radius 2 is 2.06 bits per heavy atom. The molecule has 18 heavy (non-hydrogen) atoms. The summed E-state index contributed by atoms with van der Waals surface area (Å²) in [5.74, 6) is 1.64. The normalized spacial score (nSPS) is 17.7. The highest BCUT2D eigenvalue weighted by molar-refractivity contribution is 5.59. The number of benzene rings is 1. The minimum Gasteiger partial charge on any atom is -0.494 e. The van der Waals surface area contributed by atoms with Crippen molar-refractivity contribution in [1.82, 2.24) is 0 Å². The summed E-state index contributed by atoms with van der Waals surface area (Å²) in [5, 5.41) is 3.56. The van der Waals surface area contributed by atoms with Crippen LogP contribution in [0.3, 0.4) is 0 Å². The number of rotatable bonds is 5. The quantitative estimate of drug-likeness (QED) is 0.782. The van der Waals surface area contributed by atoms with Crippen molar-refractivity contribution in [3.8, 4) is 5.75 Å². The second-order valence-corrected chi connectivity index (χ2v) is 5.20. The van der Waals surface area contributed by atoms with E-state index in [1.165, 1.54) is 25.7 Å². The van der Waals surface area contributed by atoms with Gasteiger partial charge in [-0.3, -0.25) is 0 Å². The van der Waals surface area contributed by atoms with Crippen molar-refractivity contribution in [2.75, 3.05) is 17.7 Å². The number of hydrogen-bond acceptors (Lipinski definition) is 3. The molecule has 1 aromatic rings. The maximum Gasteiger partial charge on any atom is 0.123 e. The van der Waals surface area contributed by atoms with Gasteiger partial charge in [0.15, 0.2) is 0 Å². The van der Waals surface area contributed by atoms with Crippen molar-refractivity contribution < 1.29 is 4.74 Å². The summed E-state index contributed by atoms with van der Waals surface area (Å²) >= 11 is 0. The molecule has 1 aliphatic rings. The number of hydrogen-bond donors (Lipinski definition) is 2. The van der Waals surface area contributed by atoms with Crippen molar-refractivity contribution in [3.05, 3.63) is 18.2 Å². The molecular weight excluding hydrogens is 224 g/mol. The topological polar surface area (TPSA) is 47.3 Å². The van der Waals surface area contributed by atoms with Gasteiger partial charge in [0.05, 0.1) is 6.61 Å². The van der Waals surface area contributed by atoms with Gasteiger partial charge in [0.25, 0.3) is 0 Å². The Morgan fingerprint density at radius 3 is 2.72 bits per heavy atom. The monoisotopic (exact) mass is 248 g/mol. The van der Waals surface area contributed by atoms with Crippen LogP contribution in [-0.4, -0.2) is 12.6 Å². The van der Waals surface area contributed by atoms with Crippen LogP contribution in [0.25, 0.3) is 0 Å². The molecule has 1 unspecified atom stereocenters. The number of nitrogens with two attached hydrogens (primary N) is 1. The molecule has 0 radical (unpaired) electrons. The molecule has 1 aliphatic carbocycles. The number of anilines is 2. The average molecular weight is 248 g/mol. The van der Waals surface area contributed by atoms with Crippen LogP contribution in [0.4, 0.5) is 11.4 Å². The third-order valence-electron chi connectivity index (χ3n) is 3.74. The first-order chi connectivity index (χ1) is 8.69. The summed E-state index contributed by atoms with van der Waals surface area (Å²) in [6.07, 6.45) is 5.43. The fourth-order valence-electron chi connectivity index (χ4n) is 2.79. The van der Waals surface area contributed by atoms with Gasteiger partial charge in [0.2, 0.25) is 0 Å². The minimum absolute atomic E-state index is 0.503. The molecular formula is C15H24N2O. The zero-order chi connectivity index (χ0) is 13.0. The molecule has 1 fully saturated rings. The highest BCUT2D eigenvalue weighted by Gasteiger charge is 2.21. The van der Waals surface area contributed by atoms with Crippen LogP contribution >= 0.6 is 0 Å². The second-order valence-electron chi connectivity index (χ2n) is 5.20. The van der Waals surface area contributed by atoms with Crippen molar-refractivity contribution in [3.63, 3.8) is 0 Å². The molecule has 3 N–H and O–H groups in total. The highest BCUT2D eigenvalue weighted by atomic mass is 16.5. The number of nitrogens with one attached hydrogen (secondary N) is 1.